The van der Waals surface area contributed by atoms with Crippen molar-refractivity contribution in [3.63, 3.8) is 0 Å². The fourth-order valence-corrected chi connectivity index (χ4v) is 1.42. The molecule has 0 aliphatic heterocycles. The number of nitrogens with zero attached hydrogens (tertiary/aromatic N) is 3. The van der Waals surface area contributed by atoms with Crippen molar-refractivity contribution in [2.75, 3.05) is 45.7 Å². The summed E-state index contributed by atoms with van der Waals surface area (Å²) in [5, 5.41) is 3.29. The summed E-state index contributed by atoms with van der Waals surface area (Å²) >= 11 is 0. The molecule has 0 aliphatic carbocycles. The number of likely N-dealkylation sites (N-methyl/N-ethyl adjacent to an activating group) is 1. The standard InChI is InChI=1S/C12H22N4O/c1-4-11-9-12(15-10-14-11)13-5-6-16(2)7-8-17-3/h9-10H,4-8H2,1-3H3,(H,13,14,15). The van der Waals surface area contributed by atoms with E-state index in [1.165, 1.54) is 0 Å². The minimum atomic E-state index is 0.768. The molecule has 1 aromatic heterocycles. The number of anilines is 1. The Labute approximate surface area is 103 Å². The minimum absolute atomic E-state index is 0.768. The molecule has 0 saturated carbocycles. The van der Waals surface area contributed by atoms with Crippen molar-refractivity contribution >= 4 is 5.82 Å². The molecule has 1 N–H and O–H groups in total. The van der Waals surface area contributed by atoms with Gasteiger partial charge >= 0.3 is 0 Å². The second-order valence-corrected chi connectivity index (χ2v) is 3.97. The monoisotopic (exact) mass is 238 g/mol. The SMILES string of the molecule is CCc1cc(NCCN(C)CCOC)ncn1. The maximum absolute atomic E-state index is 5.02. The molecule has 0 spiro atoms. The number of methoxy groups -OCH3 is 1. The number of ether oxygens (including phenoxy) is 1. The van der Waals surface area contributed by atoms with Crippen LogP contribution in [-0.4, -0.2) is 55.3 Å². The molecular formula is C12H22N4O. The zero-order chi connectivity index (χ0) is 12.5. The fourth-order valence-electron chi connectivity index (χ4n) is 1.42. The number of nitrogens with one attached hydrogen (secondary N) is 1. The van der Waals surface area contributed by atoms with Gasteiger partial charge in [0.15, 0.2) is 0 Å². The molecule has 5 heteroatoms. The molecule has 0 bridgehead atoms. The molecular weight excluding hydrogens is 216 g/mol. The molecule has 0 aromatic carbocycles. The molecule has 0 aliphatic rings. The highest BCUT2D eigenvalue weighted by molar-refractivity contribution is 5.34. The third-order valence-electron chi connectivity index (χ3n) is 2.56. The van der Waals surface area contributed by atoms with E-state index in [0.29, 0.717) is 0 Å². The van der Waals surface area contributed by atoms with Crippen LogP contribution >= 0.6 is 0 Å². The van der Waals surface area contributed by atoms with Gasteiger partial charge in [0, 0.05) is 38.5 Å². The van der Waals surface area contributed by atoms with Gasteiger partial charge in [-0.2, -0.15) is 0 Å². The first-order valence-corrected chi connectivity index (χ1v) is 5.98. The first kappa shape index (κ1) is 13.9. The first-order chi connectivity index (χ1) is 8.26. The molecule has 5 nitrogen and oxygen atoms in total. The summed E-state index contributed by atoms with van der Waals surface area (Å²) in [5.74, 6) is 0.900. The molecule has 1 rings (SSSR count). The van der Waals surface area contributed by atoms with Gasteiger partial charge in [-0.3, -0.25) is 0 Å². The predicted octanol–water partition coefficient (Wildman–Crippen LogP) is 1.03. The molecule has 1 aromatic rings. The third-order valence-corrected chi connectivity index (χ3v) is 2.56. The van der Waals surface area contributed by atoms with Crippen molar-refractivity contribution in [1.82, 2.24) is 14.9 Å². The zero-order valence-corrected chi connectivity index (χ0v) is 10.9. The predicted molar refractivity (Wildman–Crippen MR) is 69.3 cm³/mol. The van der Waals surface area contributed by atoms with Gasteiger partial charge in [-0.1, -0.05) is 6.92 Å². The Morgan fingerprint density at radius 3 is 2.88 bits per heavy atom. The van der Waals surface area contributed by atoms with E-state index >= 15 is 0 Å². The van der Waals surface area contributed by atoms with E-state index in [-0.39, 0.29) is 0 Å². The van der Waals surface area contributed by atoms with Crippen LogP contribution in [0.1, 0.15) is 12.6 Å². The molecule has 1 heterocycles. The first-order valence-electron chi connectivity index (χ1n) is 5.98. The molecule has 0 atom stereocenters. The van der Waals surface area contributed by atoms with Crippen LogP contribution in [0.2, 0.25) is 0 Å². The average Bonchev–Trinajstić information content (AvgIpc) is 2.36. The lowest BCUT2D eigenvalue weighted by molar-refractivity contribution is 0.163. The largest absolute Gasteiger partial charge is 0.383 e. The summed E-state index contributed by atoms with van der Waals surface area (Å²) in [6.07, 6.45) is 2.54. The number of hydrogen-bond donors (Lipinski definition) is 1. The molecule has 0 amide bonds. The van der Waals surface area contributed by atoms with Gasteiger partial charge in [0.2, 0.25) is 0 Å². The Hall–Kier alpha value is -1.20. The van der Waals surface area contributed by atoms with Gasteiger partial charge in [-0.25, -0.2) is 9.97 Å². The quantitative estimate of drug-likeness (QED) is 0.733. The highest BCUT2D eigenvalue weighted by Crippen LogP contribution is 2.03. The molecule has 0 saturated heterocycles. The normalized spacial score (nSPS) is 10.8. The topological polar surface area (TPSA) is 50.3 Å². The summed E-state index contributed by atoms with van der Waals surface area (Å²) < 4.78 is 5.02. The Kier molecular flexibility index (Phi) is 6.50. The Balaban J connectivity index is 2.25. The van der Waals surface area contributed by atoms with Crippen LogP contribution in [0.25, 0.3) is 0 Å². The molecule has 96 valence electrons. The Morgan fingerprint density at radius 2 is 2.18 bits per heavy atom. The number of hydrogen-bond acceptors (Lipinski definition) is 5. The van der Waals surface area contributed by atoms with Crippen molar-refractivity contribution in [1.29, 1.82) is 0 Å². The molecule has 17 heavy (non-hydrogen) atoms. The second kappa shape index (κ2) is 7.97. The molecule has 0 unspecified atom stereocenters. The van der Waals surface area contributed by atoms with E-state index in [9.17, 15) is 0 Å². The number of aromatic nitrogens is 2. The van der Waals surface area contributed by atoms with Crippen LogP contribution in [0.3, 0.4) is 0 Å². The summed E-state index contributed by atoms with van der Waals surface area (Å²) in [4.78, 5) is 10.6. The van der Waals surface area contributed by atoms with Crippen molar-refractivity contribution in [3.05, 3.63) is 18.1 Å². The van der Waals surface area contributed by atoms with Gasteiger partial charge in [-0.15, -0.1) is 0 Å². The lowest BCUT2D eigenvalue weighted by atomic mass is 10.3. The van der Waals surface area contributed by atoms with Crippen LogP contribution in [0.5, 0.6) is 0 Å². The van der Waals surface area contributed by atoms with Gasteiger partial charge in [0.1, 0.15) is 12.1 Å². The van der Waals surface area contributed by atoms with Crippen LogP contribution in [0.4, 0.5) is 5.82 Å². The highest BCUT2D eigenvalue weighted by Gasteiger charge is 1.99. The average molecular weight is 238 g/mol. The van der Waals surface area contributed by atoms with Gasteiger partial charge in [0.05, 0.1) is 6.61 Å². The summed E-state index contributed by atoms with van der Waals surface area (Å²) in [6.45, 7) is 5.64. The molecule has 0 radical (unpaired) electrons. The highest BCUT2D eigenvalue weighted by atomic mass is 16.5. The maximum Gasteiger partial charge on any atom is 0.129 e. The lowest BCUT2D eigenvalue weighted by Crippen LogP contribution is -2.28. The summed E-state index contributed by atoms with van der Waals surface area (Å²) in [6, 6.07) is 2.00. The van der Waals surface area contributed by atoms with E-state index in [4.69, 9.17) is 4.74 Å². The third kappa shape index (κ3) is 5.60. The lowest BCUT2D eigenvalue weighted by Gasteiger charge is -2.16. The van der Waals surface area contributed by atoms with Gasteiger partial charge in [0.25, 0.3) is 0 Å². The number of rotatable bonds is 8. The van der Waals surface area contributed by atoms with E-state index in [0.717, 1.165) is 44.2 Å². The Morgan fingerprint density at radius 1 is 1.35 bits per heavy atom. The van der Waals surface area contributed by atoms with E-state index in [2.05, 4.69) is 34.2 Å². The van der Waals surface area contributed by atoms with Crippen molar-refractivity contribution in [2.24, 2.45) is 0 Å². The summed E-state index contributed by atoms with van der Waals surface area (Å²) in [5.41, 5.74) is 1.07. The second-order valence-electron chi connectivity index (χ2n) is 3.97. The van der Waals surface area contributed by atoms with Gasteiger partial charge < -0.3 is 15.0 Å². The summed E-state index contributed by atoms with van der Waals surface area (Å²) in [7, 11) is 3.80. The van der Waals surface area contributed by atoms with Gasteiger partial charge in [-0.05, 0) is 13.5 Å². The van der Waals surface area contributed by atoms with Crippen molar-refractivity contribution in [3.8, 4) is 0 Å². The van der Waals surface area contributed by atoms with Crippen LogP contribution in [0, 0.1) is 0 Å². The van der Waals surface area contributed by atoms with Crippen LogP contribution in [0.15, 0.2) is 12.4 Å². The van der Waals surface area contributed by atoms with E-state index < -0.39 is 0 Å². The fraction of sp³-hybridized carbons (Fsp3) is 0.667. The van der Waals surface area contributed by atoms with Crippen molar-refractivity contribution < 1.29 is 4.74 Å². The smallest absolute Gasteiger partial charge is 0.129 e. The zero-order valence-electron chi connectivity index (χ0n) is 10.9. The minimum Gasteiger partial charge on any atom is -0.383 e. The van der Waals surface area contributed by atoms with Crippen molar-refractivity contribution in [2.45, 2.75) is 13.3 Å². The maximum atomic E-state index is 5.02. The van der Waals surface area contributed by atoms with Crippen LogP contribution in [-0.2, 0) is 11.2 Å². The Bertz CT molecular complexity index is 319. The van der Waals surface area contributed by atoms with Crippen LogP contribution < -0.4 is 5.32 Å². The van der Waals surface area contributed by atoms with E-state index in [1.54, 1.807) is 13.4 Å². The van der Waals surface area contributed by atoms with E-state index in [1.807, 2.05) is 6.07 Å². The number of aryl methyl sites for hydroxylation is 1. The molecule has 0 fully saturated rings.